The summed E-state index contributed by atoms with van der Waals surface area (Å²) in [7, 11) is 0. The number of aryl methyl sites for hydroxylation is 1. The molecule has 2 heterocycles. The Hall–Kier alpha value is -2.07. The number of carbonyl (C=O) groups excluding carboxylic acids is 1. The van der Waals surface area contributed by atoms with Crippen LogP contribution in [0.2, 0.25) is 5.02 Å². The van der Waals surface area contributed by atoms with Crippen molar-refractivity contribution in [1.29, 1.82) is 0 Å². The zero-order chi connectivity index (χ0) is 13.6. The molecule has 3 aromatic rings. The zero-order valence-electron chi connectivity index (χ0n) is 10.5. The number of fused-ring (bicyclic) bond motifs is 3. The maximum atomic E-state index is 11.0. The smallest absolute Gasteiger partial charge is 0.308 e. The number of aromatic nitrogens is 2. The number of nitrogens with one attached hydrogen (secondary N) is 1. The number of benzene rings is 1. The lowest BCUT2D eigenvalue weighted by Crippen LogP contribution is -2.01. The van der Waals surface area contributed by atoms with Gasteiger partial charge in [-0.15, -0.1) is 0 Å². The lowest BCUT2D eigenvalue weighted by Gasteiger charge is -2.03. The minimum Gasteiger partial charge on any atom is -0.425 e. The molecule has 0 amide bonds. The number of nitrogens with zero attached hydrogens (tertiary/aromatic N) is 1. The Morgan fingerprint density at radius 1 is 1.37 bits per heavy atom. The molecule has 96 valence electrons. The zero-order valence-corrected chi connectivity index (χ0v) is 11.2. The molecule has 0 bridgehead atoms. The maximum Gasteiger partial charge on any atom is 0.308 e. The van der Waals surface area contributed by atoms with E-state index in [1.807, 2.05) is 13.0 Å². The van der Waals surface area contributed by atoms with Gasteiger partial charge in [0.15, 0.2) is 5.75 Å². The highest BCUT2D eigenvalue weighted by atomic mass is 35.5. The second kappa shape index (κ2) is 4.24. The number of carbonyl (C=O) groups is 1. The van der Waals surface area contributed by atoms with Crippen LogP contribution in [0, 0.1) is 6.92 Å². The highest BCUT2D eigenvalue weighted by molar-refractivity contribution is 6.33. The van der Waals surface area contributed by atoms with Crippen LogP contribution >= 0.6 is 11.6 Å². The van der Waals surface area contributed by atoms with E-state index in [-0.39, 0.29) is 0 Å². The molecule has 0 aliphatic heterocycles. The summed E-state index contributed by atoms with van der Waals surface area (Å²) in [5.74, 6) is -0.0333. The molecule has 4 nitrogen and oxygen atoms in total. The predicted molar refractivity (Wildman–Crippen MR) is 74.7 cm³/mol. The third-order valence-electron chi connectivity index (χ3n) is 3.02. The molecule has 0 atom stereocenters. The lowest BCUT2D eigenvalue weighted by molar-refractivity contribution is -0.131. The van der Waals surface area contributed by atoms with Gasteiger partial charge in [0.2, 0.25) is 0 Å². The van der Waals surface area contributed by atoms with Crippen LogP contribution in [-0.4, -0.2) is 15.9 Å². The fraction of sp³-hybridized carbons (Fsp3) is 0.143. The van der Waals surface area contributed by atoms with E-state index in [1.165, 1.54) is 6.92 Å². The van der Waals surface area contributed by atoms with Crippen molar-refractivity contribution in [3.05, 3.63) is 35.1 Å². The third-order valence-corrected chi connectivity index (χ3v) is 3.31. The molecule has 0 radical (unpaired) electrons. The Kier molecular flexibility index (Phi) is 2.68. The van der Waals surface area contributed by atoms with Crippen LogP contribution in [0.4, 0.5) is 0 Å². The number of H-pyrrole nitrogens is 1. The summed E-state index contributed by atoms with van der Waals surface area (Å²) in [6.45, 7) is 3.28. The lowest BCUT2D eigenvalue weighted by atomic mass is 10.1. The molecular formula is C14H11ClN2O2. The van der Waals surface area contributed by atoms with Gasteiger partial charge >= 0.3 is 5.97 Å². The van der Waals surface area contributed by atoms with E-state index in [4.69, 9.17) is 16.3 Å². The molecule has 5 heteroatoms. The quantitative estimate of drug-likeness (QED) is 0.545. The fourth-order valence-electron chi connectivity index (χ4n) is 2.20. The highest BCUT2D eigenvalue weighted by Gasteiger charge is 2.12. The first-order valence-electron chi connectivity index (χ1n) is 5.81. The van der Waals surface area contributed by atoms with Crippen LogP contribution in [0.1, 0.15) is 12.6 Å². The monoisotopic (exact) mass is 274 g/mol. The van der Waals surface area contributed by atoms with Crippen molar-refractivity contribution in [2.75, 3.05) is 0 Å². The van der Waals surface area contributed by atoms with Gasteiger partial charge in [0.05, 0.1) is 21.7 Å². The normalized spacial score (nSPS) is 11.1. The highest BCUT2D eigenvalue weighted by Crippen LogP contribution is 2.34. The number of aromatic amines is 1. The predicted octanol–water partition coefficient (Wildman–Crippen LogP) is 3.60. The molecule has 0 fully saturated rings. The van der Waals surface area contributed by atoms with Gasteiger partial charge in [0.25, 0.3) is 0 Å². The second-order valence-electron chi connectivity index (χ2n) is 4.37. The van der Waals surface area contributed by atoms with E-state index in [9.17, 15) is 4.79 Å². The van der Waals surface area contributed by atoms with Crippen molar-refractivity contribution in [3.8, 4) is 5.75 Å². The average Bonchev–Trinajstić information content (AvgIpc) is 2.69. The second-order valence-corrected chi connectivity index (χ2v) is 4.77. The summed E-state index contributed by atoms with van der Waals surface area (Å²) in [5, 5.41) is 2.46. The fourth-order valence-corrected chi connectivity index (χ4v) is 2.40. The summed E-state index contributed by atoms with van der Waals surface area (Å²) in [4.78, 5) is 18.5. The van der Waals surface area contributed by atoms with Crippen LogP contribution in [0.15, 0.2) is 24.4 Å². The number of hydrogen-bond acceptors (Lipinski definition) is 3. The summed E-state index contributed by atoms with van der Waals surface area (Å²) in [6, 6.07) is 5.47. The molecule has 19 heavy (non-hydrogen) atoms. The first-order chi connectivity index (χ1) is 9.06. The van der Waals surface area contributed by atoms with Crippen molar-refractivity contribution in [3.63, 3.8) is 0 Å². The van der Waals surface area contributed by atoms with Gasteiger partial charge in [0.1, 0.15) is 0 Å². The molecule has 0 spiro atoms. The molecule has 1 N–H and O–H groups in total. The SMILES string of the molecule is CC(=O)Oc1cc2[nH]c3c(C)nccc3c2cc1Cl. The Balaban J connectivity index is 2.32. The van der Waals surface area contributed by atoms with E-state index in [1.54, 1.807) is 18.3 Å². The Labute approximate surface area is 114 Å². The Bertz CT molecular complexity index is 808. The van der Waals surface area contributed by atoms with Crippen LogP contribution in [0.5, 0.6) is 5.75 Å². The average molecular weight is 275 g/mol. The van der Waals surface area contributed by atoms with Gasteiger partial charge in [-0.1, -0.05) is 11.6 Å². The van der Waals surface area contributed by atoms with Crippen molar-refractivity contribution >= 4 is 39.4 Å². The van der Waals surface area contributed by atoms with Gasteiger partial charge in [-0.3, -0.25) is 9.78 Å². The molecule has 0 unspecified atom stereocenters. The Morgan fingerprint density at radius 2 is 2.16 bits per heavy atom. The van der Waals surface area contributed by atoms with Gasteiger partial charge in [-0.2, -0.15) is 0 Å². The van der Waals surface area contributed by atoms with E-state index >= 15 is 0 Å². The summed E-state index contributed by atoms with van der Waals surface area (Å²) >= 11 is 6.14. The number of rotatable bonds is 1. The van der Waals surface area contributed by atoms with Crippen LogP contribution < -0.4 is 4.74 Å². The first kappa shape index (κ1) is 12.0. The molecule has 0 saturated carbocycles. The third kappa shape index (κ3) is 1.94. The minimum atomic E-state index is -0.393. The van der Waals surface area contributed by atoms with Gasteiger partial charge in [-0.05, 0) is 19.1 Å². The molecule has 0 aliphatic rings. The maximum absolute atomic E-state index is 11.0. The molecule has 1 aromatic carbocycles. The topological polar surface area (TPSA) is 55.0 Å². The molecule has 3 rings (SSSR count). The van der Waals surface area contributed by atoms with Crippen molar-refractivity contribution in [2.45, 2.75) is 13.8 Å². The van der Waals surface area contributed by atoms with Crippen molar-refractivity contribution < 1.29 is 9.53 Å². The molecule has 0 aliphatic carbocycles. The van der Waals surface area contributed by atoms with Crippen molar-refractivity contribution in [2.24, 2.45) is 0 Å². The summed E-state index contributed by atoms with van der Waals surface area (Å²) in [5.41, 5.74) is 2.75. The Morgan fingerprint density at radius 3 is 2.89 bits per heavy atom. The summed E-state index contributed by atoms with van der Waals surface area (Å²) < 4.78 is 5.07. The standard InChI is InChI=1S/C14H11ClN2O2/c1-7-14-9(3-4-16-7)10-5-11(15)13(19-8(2)18)6-12(10)17-14/h3-6,17H,1-2H3. The van der Waals surface area contributed by atoms with E-state index in [0.717, 1.165) is 27.5 Å². The molecule has 0 saturated heterocycles. The molecule has 2 aromatic heterocycles. The van der Waals surface area contributed by atoms with E-state index < -0.39 is 5.97 Å². The van der Waals surface area contributed by atoms with Gasteiger partial charge < -0.3 is 9.72 Å². The number of pyridine rings is 1. The summed E-state index contributed by atoms with van der Waals surface area (Å²) in [6.07, 6.45) is 1.76. The van der Waals surface area contributed by atoms with Crippen molar-refractivity contribution in [1.82, 2.24) is 9.97 Å². The number of ether oxygens (including phenoxy) is 1. The van der Waals surface area contributed by atoms with E-state index in [0.29, 0.717) is 10.8 Å². The van der Waals surface area contributed by atoms with Crippen LogP contribution in [-0.2, 0) is 4.79 Å². The van der Waals surface area contributed by atoms with Gasteiger partial charge in [-0.25, -0.2) is 0 Å². The van der Waals surface area contributed by atoms with Crippen LogP contribution in [0.25, 0.3) is 21.8 Å². The van der Waals surface area contributed by atoms with Gasteiger partial charge in [0, 0.05) is 30.0 Å². The number of esters is 1. The van der Waals surface area contributed by atoms with E-state index in [2.05, 4.69) is 9.97 Å². The number of hydrogen-bond donors (Lipinski definition) is 1. The number of halogens is 1. The largest absolute Gasteiger partial charge is 0.425 e. The first-order valence-corrected chi connectivity index (χ1v) is 6.19. The van der Waals surface area contributed by atoms with Crippen LogP contribution in [0.3, 0.4) is 0 Å². The molecular weight excluding hydrogens is 264 g/mol. The minimum absolute atomic E-state index is 0.360.